The lowest BCUT2D eigenvalue weighted by atomic mass is 10.0. The number of hydrogen-bond acceptors (Lipinski definition) is 4. The average Bonchev–Trinajstić information content (AvgIpc) is 2.38. The molecule has 0 aliphatic carbocycles. The maximum atomic E-state index is 4.41. The molecule has 1 atom stereocenters. The number of nitrogens with zero attached hydrogens (tertiary/aromatic N) is 3. The molecule has 18 heavy (non-hydrogen) atoms. The van der Waals surface area contributed by atoms with Gasteiger partial charge in [0.2, 0.25) is 0 Å². The summed E-state index contributed by atoms with van der Waals surface area (Å²) in [4.78, 5) is 8.92. The third kappa shape index (κ3) is 3.13. The van der Waals surface area contributed by atoms with Crippen molar-refractivity contribution in [2.24, 2.45) is 0 Å². The summed E-state index contributed by atoms with van der Waals surface area (Å²) in [7, 11) is 6.28. The number of hydrogen-bond donors (Lipinski definition) is 1. The molecule has 1 fully saturated rings. The van der Waals surface area contributed by atoms with Gasteiger partial charge in [-0.2, -0.15) is 0 Å². The average molecular weight is 248 g/mol. The first-order valence-electron chi connectivity index (χ1n) is 6.75. The molecule has 0 radical (unpaired) electrons. The fourth-order valence-corrected chi connectivity index (χ4v) is 2.52. The van der Waals surface area contributed by atoms with Crippen LogP contribution in [0.4, 0.5) is 11.5 Å². The summed E-state index contributed by atoms with van der Waals surface area (Å²) in [6.45, 7) is 2.23. The van der Waals surface area contributed by atoms with E-state index in [2.05, 4.69) is 28.3 Å². The lowest BCUT2D eigenvalue weighted by molar-refractivity contribution is 0.194. The van der Waals surface area contributed by atoms with Gasteiger partial charge < -0.3 is 15.1 Å². The van der Waals surface area contributed by atoms with E-state index in [0.717, 1.165) is 18.1 Å². The largest absolute Gasteiger partial charge is 0.380 e. The monoisotopic (exact) mass is 248 g/mol. The minimum absolute atomic E-state index is 0.647. The molecule has 1 aliphatic heterocycles. The smallest absolute Gasteiger partial charge is 0.151 e. The molecule has 1 aromatic heterocycles. The van der Waals surface area contributed by atoms with Gasteiger partial charge in [0.25, 0.3) is 0 Å². The number of rotatable bonds is 4. The predicted octanol–water partition coefficient (Wildman–Crippen LogP) is 2.04. The van der Waals surface area contributed by atoms with Gasteiger partial charge in [0.15, 0.2) is 5.82 Å². The highest BCUT2D eigenvalue weighted by Gasteiger charge is 2.18. The molecule has 1 unspecified atom stereocenters. The van der Waals surface area contributed by atoms with Gasteiger partial charge in [0.05, 0.1) is 5.69 Å². The van der Waals surface area contributed by atoms with Crippen molar-refractivity contribution in [3.63, 3.8) is 0 Å². The number of pyridine rings is 1. The molecule has 2 heterocycles. The highest BCUT2D eigenvalue weighted by molar-refractivity contribution is 5.64. The topological polar surface area (TPSA) is 31.4 Å². The van der Waals surface area contributed by atoms with E-state index >= 15 is 0 Å². The van der Waals surface area contributed by atoms with Crippen molar-refractivity contribution < 1.29 is 0 Å². The second kappa shape index (κ2) is 6.05. The van der Waals surface area contributed by atoms with E-state index in [1.807, 2.05) is 31.3 Å². The quantitative estimate of drug-likeness (QED) is 0.883. The van der Waals surface area contributed by atoms with Crippen molar-refractivity contribution in [2.75, 3.05) is 44.4 Å². The second-order valence-corrected chi connectivity index (χ2v) is 5.28. The van der Waals surface area contributed by atoms with E-state index in [1.165, 1.54) is 25.8 Å². The molecule has 4 heteroatoms. The molecule has 0 saturated carbocycles. The van der Waals surface area contributed by atoms with E-state index < -0.39 is 0 Å². The number of likely N-dealkylation sites (tertiary alicyclic amines) is 1. The van der Waals surface area contributed by atoms with Gasteiger partial charge >= 0.3 is 0 Å². The first-order valence-corrected chi connectivity index (χ1v) is 6.75. The molecule has 2 rings (SSSR count). The Balaban J connectivity index is 1.97. The fourth-order valence-electron chi connectivity index (χ4n) is 2.52. The summed E-state index contributed by atoms with van der Waals surface area (Å²) in [5.41, 5.74) is 1.13. The number of piperidine rings is 1. The fraction of sp³-hybridized carbons (Fsp3) is 0.643. The normalized spacial score (nSPS) is 20.7. The van der Waals surface area contributed by atoms with E-state index in [9.17, 15) is 0 Å². The Morgan fingerprint density at radius 2 is 2.28 bits per heavy atom. The molecule has 1 aromatic rings. The van der Waals surface area contributed by atoms with E-state index in [4.69, 9.17) is 0 Å². The Morgan fingerprint density at radius 1 is 1.44 bits per heavy atom. The van der Waals surface area contributed by atoms with Crippen LogP contribution in [0.1, 0.15) is 19.3 Å². The van der Waals surface area contributed by atoms with Gasteiger partial charge in [-0.3, -0.25) is 0 Å². The third-order valence-electron chi connectivity index (χ3n) is 3.66. The standard InChI is InChI=1S/C14H24N4/c1-17(2)14-13(8-6-9-15-14)16-11-12-7-4-5-10-18(12)3/h6,8-9,12,16H,4-5,7,10-11H2,1-3H3. The van der Waals surface area contributed by atoms with Gasteiger partial charge in [0.1, 0.15) is 0 Å². The maximum Gasteiger partial charge on any atom is 0.151 e. The summed E-state index contributed by atoms with van der Waals surface area (Å²) < 4.78 is 0. The molecule has 0 amide bonds. The molecule has 0 bridgehead atoms. The number of likely N-dealkylation sites (N-methyl/N-ethyl adjacent to an activating group) is 1. The van der Waals surface area contributed by atoms with Gasteiger partial charge in [-0.25, -0.2) is 4.98 Å². The summed E-state index contributed by atoms with van der Waals surface area (Å²) in [5.74, 6) is 1.01. The Bertz CT molecular complexity index is 378. The van der Waals surface area contributed by atoms with Gasteiger partial charge in [-0.15, -0.1) is 0 Å². The minimum Gasteiger partial charge on any atom is -0.380 e. The Hall–Kier alpha value is -1.29. The molecule has 1 saturated heterocycles. The Morgan fingerprint density at radius 3 is 3.00 bits per heavy atom. The van der Waals surface area contributed by atoms with Gasteiger partial charge in [-0.05, 0) is 38.6 Å². The van der Waals surface area contributed by atoms with Crippen molar-refractivity contribution in [1.82, 2.24) is 9.88 Å². The zero-order valence-corrected chi connectivity index (χ0v) is 11.7. The van der Waals surface area contributed by atoms with Crippen molar-refractivity contribution in [3.8, 4) is 0 Å². The number of aromatic nitrogens is 1. The lowest BCUT2D eigenvalue weighted by Gasteiger charge is -2.33. The van der Waals surface area contributed by atoms with Crippen molar-refractivity contribution >= 4 is 11.5 Å². The van der Waals surface area contributed by atoms with Crippen LogP contribution in [0, 0.1) is 0 Å². The molecule has 0 spiro atoms. The minimum atomic E-state index is 0.647. The van der Waals surface area contributed by atoms with Crippen LogP contribution < -0.4 is 10.2 Å². The number of nitrogens with one attached hydrogen (secondary N) is 1. The van der Waals surface area contributed by atoms with Crippen molar-refractivity contribution in [2.45, 2.75) is 25.3 Å². The van der Waals surface area contributed by atoms with Crippen LogP contribution >= 0.6 is 0 Å². The van der Waals surface area contributed by atoms with Crippen LogP contribution in [0.5, 0.6) is 0 Å². The molecular formula is C14H24N4. The van der Waals surface area contributed by atoms with E-state index in [0.29, 0.717) is 6.04 Å². The van der Waals surface area contributed by atoms with Gasteiger partial charge in [-0.1, -0.05) is 6.42 Å². The highest BCUT2D eigenvalue weighted by atomic mass is 15.2. The van der Waals surface area contributed by atoms with Gasteiger partial charge in [0, 0.05) is 32.9 Å². The van der Waals surface area contributed by atoms with Crippen molar-refractivity contribution in [1.29, 1.82) is 0 Å². The molecular weight excluding hydrogens is 224 g/mol. The van der Waals surface area contributed by atoms with Crippen LogP contribution in [0.25, 0.3) is 0 Å². The zero-order chi connectivity index (χ0) is 13.0. The first-order chi connectivity index (χ1) is 8.68. The van der Waals surface area contributed by atoms with E-state index in [-0.39, 0.29) is 0 Å². The molecule has 4 nitrogen and oxygen atoms in total. The number of anilines is 2. The summed E-state index contributed by atoms with van der Waals surface area (Å²) in [6, 6.07) is 4.74. The second-order valence-electron chi connectivity index (χ2n) is 5.28. The van der Waals surface area contributed by atoms with E-state index in [1.54, 1.807) is 0 Å². The molecule has 1 aliphatic rings. The van der Waals surface area contributed by atoms with Crippen LogP contribution in [-0.2, 0) is 0 Å². The summed E-state index contributed by atoms with van der Waals surface area (Å²) in [5, 5.41) is 3.55. The molecule has 1 N–H and O–H groups in total. The molecule has 100 valence electrons. The zero-order valence-electron chi connectivity index (χ0n) is 11.7. The maximum absolute atomic E-state index is 4.41. The first kappa shape index (κ1) is 13.1. The van der Waals surface area contributed by atoms with Crippen LogP contribution in [-0.4, -0.2) is 50.2 Å². The summed E-state index contributed by atoms with van der Waals surface area (Å²) >= 11 is 0. The van der Waals surface area contributed by atoms with Crippen LogP contribution in [0.2, 0.25) is 0 Å². The highest BCUT2D eigenvalue weighted by Crippen LogP contribution is 2.22. The Labute approximate surface area is 110 Å². The SMILES string of the molecule is CN(C)c1ncccc1NCC1CCCCN1C. The lowest BCUT2D eigenvalue weighted by Crippen LogP contribution is -2.40. The van der Waals surface area contributed by atoms with Crippen molar-refractivity contribution in [3.05, 3.63) is 18.3 Å². The van der Waals surface area contributed by atoms with Crippen LogP contribution in [0.3, 0.4) is 0 Å². The third-order valence-corrected chi connectivity index (χ3v) is 3.66. The summed E-state index contributed by atoms with van der Waals surface area (Å²) in [6.07, 6.45) is 5.82. The predicted molar refractivity (Wildman–Crippen MR) is 77.3 cm³/mol. The Kier molecular flexibility index (Phi) is 4.42. The van der Waals surface area contributed by atoms with Crippen LogP contribution in [0.15, 0.2) is 18.3 Å². The molecule has 0 aromatic carbocycles.